The fourth-order valence-electron chi connectivity index (χ4n) is 1.75. The molecule has 100 valence electrons. The number of aliphatic hydroxyl groups excluding tert-OH is 1. The van der Waals surface area contributed by atoms with Gasteiger partial charge in [0.1, 0.15) is 11.6 Å². The van der Waals surface area contributed by atoms with E-state index in [1.807, 2.05) is 0 Å². The number of hydrogen-bond acceptors (Lipinski definition) is 2. The third kappa shape index (κ3) is 3.51. The van der Waals surface area contributed by atoms with Crippen molar-refractivity contribution in [2.24, 2.45) is 0 Å². The van der Waals surface area contributed by atoms with Crippen LogP contribution >= 0.6 is 0 Å². The molecule has 0 bridgehead atoms. The Morgan fingerprint density at radius 2 is 1.95 bits per heavy atom. The van der Waals surface area contributed by atoms with Gasteiger partial charge in [-0.1, -0.05) is 18.2 Å². The second-order valence-electron chi connectivity index (χ2n) is 4.42. The number of anilines is 1. The first-order valence-electron chi connectivity index (χ1n) is 6.00. The molecule has 0 aromatic heterocycles. The average Bonchev–Trinajstić information content (AvgIpc) is 2.40. The first-order chi connectivity index (χ1) is 9.06. The molecular formula is C15H15F2NO. The van der Waals surface area contributed by atoms with Gasteiger partial charge in [0.25, 0.3) is 0 Å². The Morgan fingerprint density at radius 3 is 2.63 bits per heavy atom. The molecule has 2 nitrogen and oxygen atoms in total. The number of aryl methyl sites for hydroxylation is 1. The molecule has 2 aromatic carbocycles. The fourth-order valence-corrected chi connectivity index (χ4v) is 1.75. The highest BCUT2D eigenvalue weighted by Crippen LogP contribution is 2.17. The van der Waals surface area contributed by atoms with E-state index < -0.39 is 11.9 Å². The molecule has 0 aliphatic carbocycles. The largest absolute Gasteiger partial charge is 0.387 e. The van der Waals surface area contributed by atoms with Crippen molar-refractivity contribution in [2.75, 3.05) is 11.9 Å². The summed E-state index contributed by atoms with van der Waals surface area (Å²) in [5.74, 6) is -0.692. The molecule has 2 rings (SSSR count). The molecule has 1 unspecified atom stereocenters. The summed E-state index contributed by atoms with van der Waals surface area (Å²) in [6.45, 7) is 1.87. The van der Waals surface area contributed by atoms with E-state index in [-0.39, 0.29) is 12.4 Å². The lowest BCUT2D eigenvalue weighted by molar-refractivity contribution is 0.191. The van der Waals surface area contributed by atoms with Crippen molar-refractivity contribution < 1.29 is 13.9 Å². The highest BCUT2D eigenvalue weighted by molar-refractivity contribution is 5.45. The monoisotopic (exact) mass is 263 g/mol. The Kier molecular flexibility index (Phi) is 4.12. The molecule has 0 fully saturated rings. The third-order valence-electron chi connectivity index (χ3n) is 2.90. The first-order valence-corrected chi connectivity index (χ1v) is 6.00. The summed E-state index contributed by atoms with van der Waals surface area (Å²) in [6, 6.07) is 10.5. The molecule has 0 saturated heterocycles. The van der Waals surface area contributed by atoms with Gasteiger partial charge in [-0.2, -0.15) is 0 Å². The van der Waals surface area contributed by atoms with Crippen molar-refractivity contribution in [1.82, 2.24) is 0 Å². The van der Waals surface area contributed by atoms with Crippen LogP contribution in [0.15, 0.2) is 42.5 Å². The molecule has 0 saturated carbocycles. The molecule has 1 atom stereocenters. The van der Waals surface area contributed by atoms with Crippen molar-refractivity contribution in [3.63, 3.8) is 0 Å². The summed E-state index contributed by atoms with van der Waals surface area (Å²) in [4.78, 5) is 0. The lowest BCUT2D eigenvalue weighted by Crippen LogP contribution is -2.12. The molecule has 2 aromatic rings. The summed E-state index contributed by atoms with van der Waals surface area (Å²) in [6.07, 6.45) is -0.847. The number of nitrogens with one attached hydrogen (secondary N) is 1. The molecule has 4 heteroatoms. The van der Waals surface area contributed by atoms with E-state index in [2.05, 4.69) is 5.32 Å². The standard InChI is InChI=1S/C15H15F2NO/c1-10-5-6-13(8-14(10)17)18-9-15(19)11-3-2-4-12(16)7-11/h2-8,15,18-19H,9H2,1H3. The molecule has 0 aliphatic heterocycles. The molecule has 0 radical (unpaired) electrons. The van der Waals surface area contributed by atoms with Crippen molar-refractivity contribution in [1.29, 1.82) is 0 Å². The van der Waals surface area contributed by atoms with Crippen LogP contribution < -0.4 is 5.32 Å². The van der Waals surface area contributed by atoms with Gasteiger partial charge in [-0.15, -0.1) is 0 Å². The van der Waals surface area contributed by atoms with Crippen LogP contribution in [0.3, 0.4) is 0 Å². The smallest absolute Gasteiger partial charge is 0.128 e. The predicted octanol–water partition coefficient (Wildman–Crippen LogP) is 3.42. The van der Waals surface area contributed by atoms with E-state index in [0.29, 0.717) is 16.8 Å². The highest BCUT2D eigenvalue weighted by Gasteiger charge is 2.08. The summed E-state index contributed by atoms with van der Waals surface area (Å²) < 4.78 is 26.3. The number of rotatable bonds is 4. The van der Waals surface area contributed by atoms with Crippen molar-refractivity contribution >= 4 is 5.69 Å². The molecule has 0 heterocycles. The number of hydrogen-bond donors (Lipinski definition) is 2. The van der Waals surface area contributed by atoms with Crippen LogP contribution in [0.1, 0.15) is 17.2 Å². The lowest BCUT2D eigenvalue weighted by atomic mass is 10.1. The lowest BCUT2D eigenvalue weighted by Gasteiger charge is -2.13. The summed E-state index contributed by atoms with van der Waals surface area (Å²) >= 11 is 0. The van der Waals surface area contributed by atoms with Crippen LogP contribution in [-0.4, -0.2) is 11.7 Å². The minimum absolute atomic E-state index is 0.186. The molecular weight excluding hydrogens is 248 g/mol. The zero-order valence-electron chi connectivity index (χ0n) is 10.5. The Labute approximate surface area is 110 Å². The third-order valence-corrected chi connectivity index (χ3v) is 2.90. The number of benzene rings is 2. The topological polar surface area (TPSA) is 32.3 Å². The average molecular weight is 263 g/mol. The summed E-state index contributed by atoms with van der Waals surface area (Å²) in [5.41, 5.74) is 1.63. The summed E-state index contributed by atoms with van der Waals surface area (Å²) in [5, 5.41) is 12.8. The van der Waals surface area contributed by atoms with Gasteiger partial charge in [0.2, 0.25) is 0 Å². The van der Waals surface area contributed by atoms with Crippen LogP contribution in [0.5, 0.6) is 0 Å². The van der Waals surface area contributed by atoms with Gasteiger partial charge >= 0.3 is 0 Å². The van der Waals surface area contributed by atoms with Crippen LogP contribution in [-0.2, 0) is 0 Å². The maximum atomic E-state index is 13.3. The Hall–Kier alpha value is -1.94. The minimum Gasteiger partial charge on any atom is -0.387 e. The van der Waals surface area contributed by atoms with Crippen LogP contribution in [0.25, 0.3) is 0 Å². The SMILES string of the molecule is Cc1ccc(NCC(O)c2cccc(F)c2)cc1F. The highest BCUT2D eigenvalue weighted by atomic mass is 19.1. The van der Waals surface area contributed by atoms with Crippen LogP contribution in [0, 0.1) is 18.6 Å². The molecule has 0 amide bonds. The Morgan fingerprint density at radius 1 is 1.16 bits per heavy atom. The number of halogens is 2. The van der Waals surface area contributed by atoms with Crippen molar-refractivity contribution in [3.8, 4) is 0 Å². The van der Waals surface area contributed by atoms with Gasteiger partial charge in [-0.05, 0) is 42.3 Å². The molecule has 19 heavy (non-hydrogen) atoms. The maximum absolute atomic E-state index is 13.3. The van der Waals surface area contributed by atoms with E-state index >= 15 is 0 Å². The van der Waals surface area contributed by atoms with E-state index in [0.717, 1.165) is 0 Å². The Bertz CT molecular complexity index is 572. The van der Waals surface area contributed by atoms with Gasteiger partial charge in [0, 0.05) is 12.2 Å². The van der Waals surface area contributed by atoms with E-state index in [4.69, 9.17) is 0 Å². The second-order valence-corrected chi connectivity index (χ2v) is 4.42. The minimum atomic E-state index is -0.847. The predicted molar refractivity (Wildman–Crippen MR) is 71.0 cm³/mol. The van der Waals surface area contributed by atoms with Crippen LogP contribution in [0.2, 0.25) is 0 Å². The summed E-state index contributed by atoms with van der Waals surface area (Å²) in [7, 11) is 0. The fraction of sp³-hybridized carbons (Fsp3) is 0.200. The van der Waals surface area contributed by atoms with Gasteiger partial charge < -0.3 is 10.4 Å². The molecule has 0 spiro atoms. The second kappa shape index (κ2) is 5.80. The van der Waals surface area contributed by atoms with E-state index in [9.17, 15) is 13.9 Å². The van der Waals surface area contributed by atoms with Gasteiger partial charge in [0.05, 0.1) is 6.10 Å². The zero-order valence-corrected chi connectivity index (χ0v) is 10.5. The van der Waals surface area contributed by atoms with E-state index in [1.54, 1.807) is 31.2 Å². The van der Waals surface area contributed by atoms with Crippen LogP contribution in [0.4, 0.5) is 14.5 Å². The maximum Gasteiger partial charge on any atom is 0.128 e. The molecule has 2 N–H and O–H groups in total. The number of aliphatic hydroxyl groups is 1. The van der Waals surface area contributed by atoms with Crippen molar-refractivity contribution in [3.05, 3.63) is 65.2 Å². The quantitative estimate of drug-likeness (QED) is 0.886. The molecule has 0 aliphatic rings. The van der Waals surface area contributed by atoms with Gasteiger partial charge in [-0.25, -0.2) is 8.78 Å². The Balaban J connectivity index is 2.00. The van der Waals surface area contributed by atoms with Gasteiger partial charge in [0.15, 0.2) is 0 Å². The normalized spacial score (nSPS) is 12.2. The van der Waals surface area contributed by atoms with Gasteiger partial charge in [-0.3, -0.25) is 0 Å². The zero-order chi connectivity index (χ0) is 13.8. The van der Waals surface area contributed by atoms with Crippen molar-refractivity contribution in [2.45, 2.75) is 13.0 Å². The van der Waals surface area contributed by atoms with E-state index in [1.165, 1.54) is 18.2 Å². The first kappa shape index (κ1) is 13.5.